The molecule has 1 aromatic heterocycles. The molecule has 1 saturated heterocycles. The van der Waals surface area contributed by atoms with Crippen molar-refractivity contribution in [3.8, 4) is 11.5 Å². The number of rotatable bonds is 9. The number of nitrogens with one attached hydrogen (secondary N) is 1. The lowest BCUT2D eigenvalue weighted by Crippen LogP contribution is -2.47. The standard InChI is InChI=1S/C27H30FN3O3/c1-33-26-8-3-2-5-22(26)15-30-27(32)23-13-21(19-34-25-7-4-6-24(28)14-25)17-31(18-23)16-20-9-11-29-12-10-20/h2-12,14,21,23H,13,15-19H2,1H3,(H,30,32)/t21-,23+/m0/s1. The van der Waals surface area contributed by atoms with Crippen LogP contribution in [0.25, 0.3) is 0 Å². The smallest absolute Gasteiger partial charge is 0.224 e. The molecule has 0 unspecified atom stereocenters. The third-order valence-corrected chi connectivity index (χ3v) is 6.07. The van der Waals surface area contributed by atoms with Crippen LogP contribution in [0.4, 0.5) is 4.39 Å². The van der Waals surface area contributed by atoms with Gasteiger partial charge in [-0.25, -0.2) is 4.39 Å². The number of carbonyl (C=O) groups excluding carboxylic acids is 1. The number of ether oxygens (including phenoxy) is 2. The maximum Gasteiger partial charge on any atom is 0.224 e. The van der Waals surface area contributed by atoms with Crippen molar-refractivity contribution in [3.63, 3.8) is 0 Å². The molecule has 0 radical (unpaired) electrons. The summed E-state index contributed by atoms with van der Waals surface area (Å²) in [4.78, 5) is 19.5. The Morgan fingerprint density at radius 1 is 1.12 bits per heavy atom. The quantitative estimate of drug-likeness (QED) is 0.519. The van der Waals surface area contributed by atoms with Gasteiger partial charge < -0.3 is 14.8 Å². The maximum atomic E-state index is 13.5. The molecule has 6 nitrogen and oxygen atoms in total. The van der Waals surface area contributed by atoms with Crippen LogP contribution in [0.2, 0.25) is 0 Å². The summed E-state index contributed by atoms with van der Waals surface area (Å²) in [6, 6.07) is 17.8. The maximum absolute atomic E-state index is 13.5. The van der Waals surface area contributed by atoms with Crippen molar-refractivity contribution in [1.82, 2.24) is 15.2 Å². The molecular weight excluding hydrogens is 433 g/mol. The van der Waals surface area contributed by atoms with Crippen molar-refractivity contribution in [2.75, 3.05) is 26.8 Å². The second-order valence-corrected chi connectivity index (χ2v) is 8.65. The predicted molar refractivity (Wildman–Crippen MR) is 128 cm³/mol. The summed E-state index contributed by atoms with van der Waals surface area (Å²) in [6.45, 7) is 3.03. The van der Waals surface area contributed by atoms with Crippen LogP contribution in [0.3, 0.4) is 0 Å². The number of para-hydroxylation sites is 1. The minimum atomic E-state index is -0.325. The van der Waals surface area contributed by atoms with Crippen molar-refractivity contribution in [3.05, 3.63) is 90.0 Å². The van der Waals surface area contributed by atoms with Gasteiger partial charge in [0.05, 0.1) is 19.6 Å². The van der Waals surface area contributed by atoms with Crippen LogP contribution in [0.1, 0.15) is 17.5 Å². The summed E-state index contributed by atoms with van der Waals surface area (Å²) < 4.78 is 24.8. The van der Waals surface area contributed by atoms with Crippen molar-refractivity contribution in [1.29, 1.82) is 0 Å². The summed E-state index contributed by atoms with van der Waals surface area (Å²) in [5.41, 5.74) is 2.09. The molecular formula is C27H30FN3O3. The number of hydrogen-bond acceptors (Lipinski definition) is 5. The average molecular weight is 464 g/mol. The molecule has 1 fully saturated rings. The van der Waals surface area contributed by atoms with Gasteiger partial charge in [-0.05, 0) is 42.3 Å². The van der Waals surface area contributed by atoms with Crippen LogP contribution in [-0.2, 0) is 17.9 Å². The number of methoxy groups -OCH3 is 1. The van der Waals surface area contributed by atoms with Gasteiger partial charge in [0.15, 0.2) is 0 Å². The van der Waals surface area contributed by atoms with Crippen LogP contribution in [-0.4, -0.2) is 42.6 Å². The summed E-state index contributed by atoms with van der Waals surface area (Å²) in [5, 5.41) is 3.08. The Labute approximate surface area is 199 Å². The van der Waals surface area contributed by atoms with Gasteiger partial charge in [0.25, 0.3) is 0 Å². The first-order valence-electron chi connectivity index (χ1n) is 11.5. The molecule has 1 aliphatic heterocycles. The summed E-state index contributed by atoms with van der Waals surface area (Å²) in [6.07, 6.45) is 4.27. The van der Waals surface area contributed by atoms with Gasteiger partial charge in [-0.15, -0.1) is 0 Å². The number of pyridine rings is 1. The fourth-order valence-corrected chi connectivity index (χ4v) is 4.44. The van der Waals surface area contributed by atoms with E-state index in [-0.39, 0.29) is 23.6 Å². The first-order valence-corrected chi connectivity index (χ1v) is 11.5. The second-order valence-electron chi connectivity index (χ2n) is 8.65. The normalized spacial score (nSPS) is 18.3. The topological polar surface area (TPSA) is 63.7 Å². The number of halogens is 1. The SMILES string of the molecule is COc1ccccc1CNC(=O)[C@@H]1C[C@H](COc2cccc(F)c2)CN(Cc2ccncc2)C1. The highest BCUT2D eigenvalue weighted by molar-refractivity contribution is 5.79. The van der Waals surface area contributed by atoms with E-state index in [1.54, 1.807) is 31.6 Å². The van der Waals surface area contributed by atoms with Crippen molar-refractivity contribution in [2.45, 2.75) is 19.5 Å². The van der Waals surface area contributed by atoms with Crippen LogP contribution >= 0.6 is 0 Å². The zero-order valence-electron chi connectivity index (χ0n) is 19.3. The van der Waals surface area contributed by atoms with E-state index in [2.05, 4.69) is 15.2 Å². The molecule has 1 amide bonds. The van der Waals surface area contributed by atoms with Crippen LogP contribution in [0.15, 0.2) is 73.1 Å². The van der Waals surface area contributed by atoms with E-state index in [9.17, 15) is 9.18 Å². The highest BCUT2D eigenvalue weighted by Crippen LogP contribution is 2.26. The molecule has 3 aromatic rings. The number of nitrogens with zero attached hydrogens (tertiary/aromatic N) is 2. The first-order chi connectivity index (χ1) is 16.6. The summed E-state index contributed by atoms with van der Waals surface area (Å²) in [5.74, 6) is 0.915. The van der Waals surface area contributed by atoms with Crippen LogP contribution in [0, 0.1) is 17.7 Å². The highest BCUT2D eigenvalue weighted by Gasteiger charge is 2.32. The molecule has 2 heterocycles. The number of likely N-dealkylation sites (tertiary alicyclic amines) is 1. The highest BCUT2D eigenvalue weighted by atomic mass is 19.1. The minimum absolute atomic E-state index is 0.0149. The molecule has 34 heavy (non-hydrogen) atoms. The van der Waals surface area contributed by atoms with E-state index < -0.39 is 0 Å². The molecule has 7 heteroatoms. The Morgan fingerprint density at radius 2 is 1.94 bits per heavy atom. The molecule has 0 bridgehead atoms. The van der Waals surface area contributed by atoms with E-state index in [1.807, 2.05) is 36.4 Å². The first kappa shape index (κ1) is 23.7. The predicted octanol–water partition coefficient (Wildman–Crippen LogP) is 4.06. The van der Waals surface area contributed by atoms with Crippen molar-refractivity contribution >= 4 is 5.91 Å². The Morgan fingerprint density at radius 3 is 2.74 bits per heavy atom. The third-order valence-electron chi connectivity index (χ3n) is 6.07. The van der Waals surface area contributed by atoms with Gasteiger partial charge in [-0.2, -0.15) is 0 Å². The Balaban J connectivity index is 1.41. The van der Waals surface area contributed by atoms with E-state index >= 15 is 0 Å². The lowest BCUT2D eigenvalue weighted by atomic mass is 9.88. The van der Waals surface area contributed by atoms with Gasteiger partial charge in [-0.3, -0.25) is 14.7 Å². The van der Waals surface area contributed by atoms with E-state index in [4.69, 9.17) is 9.47 Å². The second kappa shape index (κ2) is 11.6. The lowest BCUT2D eigenvalue weighted by molar-refractivity contribution is -0.128. The van der Waals surface area contributed by atoms with Gasteiger partial charge >= 0.3 is 0 Å². The van der Waals surface area contributed by atoms with E-state index in [0.717, 1.165) is 30.0 Å². The number of piperidine rings is 1. The molecule has 4 rings (SSSR count). The van der Waals surface area contributed by atoms with E-state index in [0.29, 0.717) is 31.9 Å². The number of aromatic nitrogens is 1. The Bertz CT molecular complexity index is 1080. The molecule has 0 spiro atoms. The minimum Gasteiger partial charge on any atom is -0.496 e. The molecule has 0 saturated carbocycles. The Hall–Kier alpha value is -3.45. The largest absolute Gasteiger partial charge is 0.496 e. The molecule has 1 aliphatic rings. The number of hydrogen-bond donors (Lipinski definition) is 1. The Kier molecular flexibility index (Phi) is 8.09. The van der Waals surface area contributed by atoms with E-state index in [1.165, 1.54) is 12.1 Å². The van der Waals surface area contributed by atoms with Gasteiger partial charge in [0.2, 0.25) is 5.91 Å². The average Bonchev–Trinajstić information content (AvgIpc) is 2.87. The summed E-state index contributed by atoms with van der Waals surface area (Å²) >= 11 is 0. The summed E-state index contributed by atoms with van der Waals surface area (Å²) in [7, 11) is 1.63. The monoisotopic (exact) mass is 463 g/mol. The fourth-order valence-electron chi connectivity index (χ4n) is 4.44. The number of carbonyl (C=O) groups is 1. The fraction of sp³-hybridized carbons (Fsp3) is 0.333. The van der Waals surface area contributed by atoms with Crippen LogP contribution < -0.4 is 14.8 Å². The van der Waals surface area contributed by atoms with Crippen LogP contribution in [0.5, 0.6) is 11.5 Å². The number of amides is 1. The molecule has 2 atom stereocenters. The number of benzene rings is 2. The van der Waals surface area contributed by atoms with Gasteiger partial charge in [0, 0.05) is 56.1 Å². The van der Waals surface area contributed by atoms with Gasteiger partial charge in [-0.1, -0.05) is 24.3 Å². The zero-order chi connectivity index (χ0) is 23.8. The van der Waals surface area contributed by atoms with Gasteiger partial charge in [0.1, 0.15) is 17.3 Å². The van der Waals surface area contributed by atoms with Crippen molar-refractivity contribution in [2.24, 2.45) is 11.8 Å². The zero-order valence-corrected chi connectivity index (χ0v) is 19.3. The molecule has 178 valence electrons. The molecule has 2 aromatic carbocycles. The molecule has 1 N–H and O–H groups in total. The molecule has 0 aliphatic carbocycles. The third kappa shape index (κ3) is 6.54. The lowest BCUT2D eigenvalue weighted by Gasteiger charge is -2.37. The van der Waals surface area contributed by atoms with Crippen molar-refractivity contribution < 1.29 is 18.7 Å².